The molecular weight excluding hydrogens is 450 g/mol. The topological polar surface area (TPSA) is 52.7 Å². The highest BCUT2D eigenvalue weighted by Gasteiger charge is 2.22. The van der Waals surface area contributed by atoms with Crippen LogP contribution < -0.4 is 10.2 Å². The zero-order valence-corrected chi connectivity index (χ0v) is 19.2. The van der Waals surface area contributed by atoms with Crippen LogP contribution in [0.4, 0.5) is 11.4 Å². The molecule has 2 amide bonds. The minimum absolute atomic E-state index is 0.0966. The van der Waals surface area contributed by atoms with Crippen LogP contribution in [0.25, 0.3) is 0 Å². The molecule has 2 aromatic carbocycles. The quantitative estimate of drug-likeness (QED) is 0.683. The Morgan fingerprint density at radius 1 is 1.03 bits per heavy atom. The molecule has 0 aliphatic carbocycles. The number of thioether (sulfide) groups is 1. The van der Waals surface area contributed by atoms with Gasteiger partial charge in [-0.15, -0.1) is 11.8 Å². The Bertz CT molecular complexity index is 882. The summed E-state index contributed by atoms with van der Waals surface area (Å²) in [6.45, 7) is 7.39. The monoisotopic (exact) mass is 475 g/mol. The molecule has 0 saturated carbocycles. The Morgan fingerprint density at radius 2 is 1.76 bits per heavy atom. The molecule has 0 radical (unpaired) electrons. The number of rotatable bonds is 6. The molecule has 3 rings (SSSR count). The van der Waals surface area contributed by atoms with E-state index in [4.69, 9.17) is 0 Å². The predicted molar refractivity (Wildman–Crippen MR) is 125 cm³/mol. The molecule has 1 saturated heterocycles. The first-order chi connectivity index (χ1) is 13.9. The second kappa shape index (κ2) is 10.2. The van der Waals surface area contributed by atoms with Crippen LogP contribution in [0, 0.1) is 13.8 Å². The highest BCUT2D eigenvalue weighted by Crippen LogP contribution is 2.24. The predicted octanol–water partition coefficient (Wildman–Crippen LogP) is 4.09. The number of halogens is 1. The first-order valence-electron chi connectivity index (χ1n) is 9.66. The summed E-state index contributed by atoms with van der Waals surface area (Å²) < 4.78 is 0.915. The molecule has 0 spiro atoms. The number of aryl methyl sites for hydroxylation is 1. The van der Waals surface area contributed by atoms with Gasteiger partial charge < -0.3 is 15.1 Å². The first kappa shape index (κ1) is 21.7. The van der Waals surface area contributed by atoms with E-state index in [1.807, 2.05) is 29.2 Å². The molecule has 0 bridgehead atoms. The number of hydrogen-bond donors (Lipinski definition) is 1. The number of hydrogen-bond acceptors (Lipinski definition) is 4. The van der Waals surface area contributed by atoms with Gasteiger partial charge in [-0.1, -0.05) is 34.1 Å². The summed E-state index contributed by atoms with van der Waals surface area (Å²) in [6.07, 6.45) is 0. The lowest BCUT2D eigenvalue weighted by Crippen LogP contribution is -2.49. The summed E-state index contributed by atoms with van der Waals surface area (Å²) in [6, 6.07) is 13.8. The fourth-order valence-electron chi connectivity index (χ4n) is 3.36. The van der Waals surface area contributed by atoms with Crippen LogP contribution >= 0.6 is 27.7 Å². The van der Waals surface area contributed by atoms with Crippen molar-refractivity contribution in [2.75, 3.05) is 47.9 Å². The van der Waals surface area contributed by atoms with Gasteiger partial charge in [-0.3, -0.25) is 9.59 Å². The van der Waals surface area contributed by atoms with Gasteiger partial charge in [0.1, 0.15) is 0 Å². The Labute approximate surface area is 185 Å². The van der Waals surface area contributed by atoms with Crippen molar-refractivity contribution in [3.63, 3.8) is 0 Å². The molecule has 1 fully saturated rings. The third kappa shape index (κ3) is 6.00. The minimum atomic E-state index is -0.0966. The van der Waals surface area contributed by atoms with Gasteiger partial charge in [0.05, 0.1) is 11.5 Å². The SMILES string of the molecule is Cc1cccc(N2CCN(C(=O)CSCC(=O)Nc3cccc(Br)c3)CC2)c1C. The van der Waals surface area contributed by atoms with E-state index >= 15 is 0 Å². The van der Waals surface area contributed by atoms with Crippen LogP contribution in [-0.4, -0.2) is 54.4 Å². The van der Waals surface area contributed by atoms with Gasteiger partial charge in [0.25, 0.3) is 0 Å². The van der Waals surface area contributed by atoms with Crippen LogP contribution in [0.3, 0.4) is 0 Å². The van der Waals surface area contributed by atoms with E-state index in [2.05, 4.69) is 58.2 Å². The average molecular weight is 476 g/mol. The van der Waals surface area contributed by atoms with E-state index in [-0.39, 0.29) is 17.6 Å². The summed E-state index contributed by atoms with van der Waals surface area (Å²) in [5.74, 6) is 0.599. The van der Waals surface area contributed by atoms with E-state index in [0.29, 0.717) is 5.75 Å². The number of nitrogens with zero attached hydrogens (tertiary/aromatic N) is 2. The highest BCUT2D eigenvalue weighted by molar-refractivity contribution is 9.10. The average Bonchev–Trinajstić information content (AvgIpc) is 2.70. The molecule has 5 nitrogen and oxygen atoms in total. The molecule has 0 atom stereocenters. The molecule has 7 heteroatoms. The largest absolute Gasteiger partial charge is 0.368 e. The smallest absolute Gasteiger partial charge is 0.234 e. The third-order valence-corrected chi connectivity index (χ3v) is 6.53. The van der Waals surface area contributed by atoms with E-state index in [0.717, 1.165) is 36.3 Å². The standard InChI is InChI=1S/C22H26BrN3O2S/c1-16-5-3-8-20(17(16)2)25-9-11-26(12-10-25)22(28)15-29-14-21(27)24-19-7-4-6-18(23)13-19/h3-8,13H,9-12,14-15H2,1-2H3,(H,24,27). The van der Waals surface area contributed by atoms with Crippen molar-refractivity contribution < 1.29 is 9.59 Å². The number of carbonyl (C=O) groups excluding carboxylic acids is 2. The zero-order valence-electron chi connectivity index (χ0n) is 16.8. The summed E-state index contributed by atoms with van der Waals surface area (Å²) in [7, 11) is 0. The first-order valence-corrected chi connectivity index (χ1v) is 11.6. The van der Waals surface area contributed by atoms with E-state index in [9.17, 15) is 9.59 Å². The number of anilines is 2. The molecule has 1 N–H and O–H groups in total. The lowest BCUT2D eigenvalue weighted by molar-refractivity contribution is -0.128. The Balaban J connectivity index is 1.41. The van der Waals surface area contributed by atoms with Crippen molar-refractivity contribution >= 4 is 50.9 Å². The van der Waals surface area contributed by atoms with Crippen LogP contribution in [-0.2, 0) is 9.59 Å². The van der Waals surface area contributed by atoms with Gasteiger partial charge in [-0.25, -0.2) is 0 Å². The van der Waals surface area contributed by atoms with Crippen molar-refractivity contribution in [1.29, 1.82) is 0 Å². The van der Waals surface area contributed by atoms with Gasteiger partial charge in [0, 0.05) is 42.0 Å². The zero-order chi connectivity index (χ0) is 20.8. The summed E-state index contributed by atoms with van der Waals surface area (Å²) in [5, 5.41) is 2.85. The molecular formula is C22H26BrN3O2S. The minimum Gasteiger partial charge on any atom is -0.368 e. The number of piperazine rings is 1. The van der Waals surface area contributed by atoms with Crippen molar-refractivity contribution in [2.45, 2.75) is 13.8 Å². The Hall–Kier alpha value is -1.99. The summed E-state index contributed by atoms with van der Waals surface area (Å²) >= 11 is 4.74. The lowest BCUT2D eigenvalue weighted by atomic mass is 10.1. The van der Waals surface area contributed by atoms with E-state index in [1.54, 1.807) is 0 Å². The van der Waals surface area contributed by atoms with Crippen molar-refractivity contribution in [3.05, 3.63) is 58.1 Å². The molecule has 1 aliphatic rings. The van der Waals surface area contributed by atoms with Gasteiger partial charge >= 0.3 is 0 Å². The maximum absolute atomic E-state index is 12.5. The molecule has 2 aromatic rings. The second-order valence-electron chi connectivity index (χ2n) is 7.14. The van der Waals surface area contributed by atoms with Crippen LogP contribution in [0.5, 0.6) is 0 Å². The van der Waals surface area contributed by atoms with Crippen LogP contribution in [0.2, 0.25) is 0 Å². The van der Waals surface area contributed by atoms with Crippen molar-refractivity contribution in [2.24, 2.45) is 0 Å². The fraction of sp³-hybridized carbons (Fsp3) is 0.364. The maximum Gasteiger partial charge on any atom is 0.234 e. The molecule has 0 aromatic heterocycles. The lowest BCUT2D eigenvalue weighted by Gasteiger charge is -2.37. The highest BCUT2D eigenvalue weighted by atomic mass is 79.9. The van der Waals surface area contributed by atoms with Gasteiger partial charge in [-0.05, 0) is 49.2 Å². The molecule has 29 heavy (non-hydrogen) atoms. The fourth-order valence-corrected chi connectivity index (χ4v) is 4.48. The third-order valence-electron chi connectivity index (χ3n) is 5.12. The van der Waals surface area contributed by atoms with Crippen molar-refractivity contribution in [1.82, 2.24) is 4.90 Å². The number of carbonyl (C=O) groups is 2. The number of benzene rings is 2. The van der Waals surface area contributed by atoms with E-state index in [1.165, 1.54) is 28.6 Å². The maximum atomic E-state index is 12.5. The summed E-state index contributed by atoms with van der Waals surface area (Å²) in [5.41, 5.74) is 4.60. The summed E-state index contributed by atoms with van der Waals surface area (Å²) in [4.78, 5) is 28.8. The molecule has 1 aliphatic heterocycles. The van der Waals surface area contributed by atoms with Gasteiger partial charge in [0.15, 0.2) is 0 Å². The van der Waals surface area contributed by atoms with Gasteiger partial charge in [-0.2, -0.15) is 0 Å². The second-order valence-corrected chi connectivity index (χ2v) is 9.04. The number of nitrogens with one attached hydrogen (secondary N) is 1. The molecule has 154 valence electrons. The van der Waals surface area contributed by atoms with Crippen molar-refractivity contribution in [3.8, 4) is 0 Å². The Kier molecular flexibility index (Phi) is 7.61. The van der Waals surface area contributed by atoms with Crippen LogP contribution in [0.1, 0.15) is 11.1 Å². The van der Waals surface area contributed by atoms with Crippen LogP contribution in [0.15, 0.2) is 46.9 Å². The van der Waals surface area contributed by atoms with Gasteiger partial charge in [0.2, 0.25) is 11.8 Å². The number of amides is 2. The van der Waals surface area contributed by atoms with E-state index < -0.39 is 0 Å². The molecule has 0 unspecified atom stereocenters. The molecule has 1 heterocycles. The Morgan fingerprint density at radius 3 is 2.48 bits per heavy atom. The normalized spacial score (nSPS) is 14.0.